The number of nitrogens with one attached hydrogen (secondary N) is 1. The van der Waals surface area contributed by atoms with Crippen LogP contribution in [0.25, 0.3) is 10.2 Å². The molecule has 30 heavy (non-hydrogen) atoms. The molecule has 2 aromatic carbocycles. The number of fused-ring (bicyclic) bond motifs is 1. The second-order valence-electron chi connectivity index (χ2n) is 8.61. The predicted molar refractivity (Wildman–Crippen MR) is 117 cm³/mol. The minimum atomic E-state index is -0.211. The van der Waals surface area contributed by atoms with Crippen LogP contribution < -0.4 is 4.90 Å². The van der Waals surface area contributed by atoms with E-state index in [2.05, 4.69) is 18.2 Å². The highest BCUT2D eigenvalue weighted by Crippen LogP contribution is 2.32. The van der Waals surface area contributed by atoms with Gasteiger partial charge in [-0.15, -0.1) is 11.3 Å². The van der Waals surface area contributed by atoms with E-state index in [4.69, 9.17) is 4.98 Å². The average molecular weight is 425 g/mol. The number of carbonyl (C=O) groups excluding carboxylic acids is 1. The summed E-state index contributed by atoms with van der Waals surface area (Å²) < 4.78 is 14.4. The molecule has 5 rings (SSSR count). The van der Waals surface area contributed by atoms with Crippen LogP contribution in [0.3, 0.4) is 0 Å². The fourth-order valence-corrected chi connectivity index (χ4v) is 5.58. The minimum Gasteiger partial charge on any atom is -0.337 e. The highest BCUT2D eigenvalue weighted by atomic mass is 32.1. The number of quaternary nitrogens is 1. The number of halogens is 1. The molecule has 2 atom stereocenters. The highest BCUT2D eigenvalue weighted by molar-refractivity contribution is 7.18. The first-order valence-electron chi connectivity index (χ1n) is 10.9. The fourth-order valence-electron chi connectivity index (χ4n) is 4.48. The number of para-hydroxylation sites is 1. The molecule has 4 nitrogen and oxygen atoms in total. The first-order chi connectivity index (χ1) is 14.7. The van der Waals surface area contributed by atoms with E-state index in [1.807, 2.05) is 23.1 Å². The van der Waals surface area contributed by atoms with Gasteiger partial charge in [-0.1, -0.05) is 24.3 Å². The Balaban J connectivity index is 1.24. The van der Waals surface area contributed by atoms with Crippen molar-refractivity contribution < 1.29 is 14.1 Å². The number of carbonyl (C=O) groups is 1. The van der Waals surface area contributed by atoms with Gasteiger partial charge in [0, 0.05) is 37.4 Å². The van der Waals surface area contributed by atoms with Gasteiger partial charge in [-0.3, -0.25) is 4.79 Å². The molecule has 1 N–H and O–H groups in total. The number of amides is 1. The Morgan fingerprint density at radius 1 is 1.13 bits per heavy atom. The quantitative estimate of drug-likeness (QED) is 0.659. The smallest absolute Gasteiger partial charge is 0.277 e. The lowest BCUT2D eigenvalue weighted by atomic mass is 9.98. The Morgan fingerprint density at radius 3 is 2.70 bits per heavy atom. The number of hydrogen-bond donors (Lipinski definition) is 1. The van der Waals surface area contributed by atoms with Crippen molar-refractivity contribution in [1.82, 2.24) is 9.88 Å². The molecule has 2 aliphatic rings. The lowest BCUT2D eigenvalue weighted by Gasteiger charge is -2.32. The molecule has 1 aliphatic heterocycles. The lowest BCUT2D eigenvalue weighted by molar-refractivity contribution is -0.917. The molecule has 0 radical (unpaired) electrons. The number of benzene rings is 2. The summed E-state index contributed by atoms with van der Waals surface area (Å²) in [5.74, 6) is 0.364. The van der Waals surface area contributed by atoms with Crippen LogP contribution in [0.15, 0.2) is 48.5 Å². The van der Waals surface area contributed by atoms with Crippen LogP contribution in [0.5, 0.6) is 0 Å². The molecule has 1 aliphatic carbocycles. The van der Waals surface area contributed by atoms with Crippen LogP contribution in [0.1, 0.15) is 42.2 Å². The van der Waals surface area contributed by atoms with Gasteiger partial charge in [0.05, 0.1) is 21.3 Å². The Bertz CT molecular complexity index is 997. The molecule has 3 aromatic rings. The van der Waals surface area contributed by atoms with Crippen molar-refractivity contribution in [2.24, 2.45) is 0 Å². The van der Waals surface area contributed by atoms with E-state index in [1.165, 1.54) is 34.6 Å². The third-order valence-electron chi connectivity index (χ3n) is 6.31. The van der Waals surface area contributed by atoms with E-state index in [9.17, 15) is 9.18 Å². The number of thiazole rings is 1. The molecule has 1 unspecified atom stereocenters. The Kier molecular flexibility index (Phi) is 5.52. The third-order valence-corrected chi connectivity index (χ3v) is 7.51. The number of piperidine rings is 1. The summed E-state index contributed by atoms with van der Waals surface area (Å²) >= 11 is 1.76. The standard InChI is InChI=1S/C24H26FN3OS/c25-19-9-7-17(8-10-19)14-28(20-11-12-20)16-23(29)27-13-3-4-18(15-27)24-26-21-5-1-2-6-22(21)30-24/h1-2,5-10,18,20H,3-4,11-16H2/p+1/t18-/m0/s1. The second-order valence-corrected chi connectivity index (χ2v) is 9.67. The molecule has 2 heterocycles. The maximum atomic E-state index is 13.2. The molecular formula is C24H27FN3OS+. The van der Waals surface area contributed by atoms with Crippen molar-refractivity contribution in [3.8, 4) is 0 Å². The minimum absolute atomic E-state index is 0.211. The molecule has 2 fully saturated rings. The summed E-state index contributed by atoms with van der Waals surface area (Å²) in [6.45, 7) is 2.92. The number of aromatic nitrogens is 1. The number of nitrogens with zero attached hydrogens (tertiary/aromatic N) is 2. The van der Waals surface area contributed by atoms with Gasteiger partial charge in [-0.2, -0.15) is 0 Å². The lowest BCUT2D eigenvalue weighted by Crippen LogP contribution is -3.13. The summed E-state index contributed by atoms with van der Waals surface area (Å²) in [7, 11) is 0. The highest BCUT2D eigenvalue weighted by Gasteiger charge is 2.36. The Hall–Kier alpha value is -2.31. The van der Waals surface area contributed by atoms with E-state index in [-0.39, 0.29) is 11.7 Å². The maximum absolute atomic E-state index is 13.2. The Labute approximate surface area is 180 Å². The molecule has 0 spiro atoms. The summed E-state index contributed by atoms with van der Waals surface area (Å²) in [6.07, 6.45) is 4.48. The van der Waals surface area contributed by atoms with Crippen molar-refractivity contribution in [1.29, 1.82) is 0 Å². The molecule has 156 valence electrons. The first-order valence-corrected chi connectivity index (χ1v) is 11.7. The van der Waals surface area contributed by atoms with Gasteiger partial charge >= 0.3 is 0 Å². The van der Waals surface area contributed by atoms with Crippen LogP contribution >= 0.6 is 11.3 Å². The van der Waals surface area contributed by atoms with Crippen LogP contribution in [0.2, 0.25) is 0 Å². The number of likely N-dealkylation sites (tertiary alicyclic amines) is 1. The molecule has 1 aromatic heterocycles. The van der Waals surface area contributed by atoms with E-state index < -0.39 is 0 Å². The van der Waals surface area contributed by atoms with Crippen molar-refractivity contribution in [2.45, 2.75) is 44.2 Å². The van der Waals surface area contributed by atoms with Crippen LogP contribution in [0, 0.1) is 5.82 Å². The van der Waals surface area contributed by atoms with E-state index in [0.29, 0.717) is 18.5 Å². The zero-order valence-corrected chi connectivity index (χ0v) is 17.8. The second kappa shape index (κ2) is 8.44. The predicted octanol–water partition coefficient (Wildman–Crippen LogP) is 3.39. The average Bonchev–Trinajstić information content (AvgIpc) is 3.53. The van der Waals surface area contributed by atoms with E-state index in [1.54, 1.807) is 11.3 Å². The van der Waals surface area contributed by atoms with E-state index >= 15 is 0 Å². The molecule has 0 bridgehead atoms. The van der Waals surface area contributed by atoms with Gasteiger partial charge in [0.25, 0.3) is 5.91 Å². The molecule has 6 heteroatoms. The normalized spacial score (nSPS) is 20.4. The zero-order valence-electron chi connectivity index (χ0n) is 17.0. The molecule has 1 saturated heterocycles. The first kappa shape index (κ1) is 19.6. The van der Waals surface area contributed by atoms with Crippen LogP contribution in [-0.4, -0.2) is 41.5 Å². The topological polar surface area (TPSA) is 37.6 Å². The maximum Gasteiger partial charge on any atom is 0.277 e. The van der Waals surface area contributed by atoms with Crippen LogP contribution in [-0.2, 0) is 11.3 Å². The van der Waals surface area contributed by atoms with E-state index in [0.717, 1.165) is 48.6 Å². The summed E-state index contributed by atoms with van der Waals surface area (Å²) in [5, 5.41) is 1.16. The Morgan fingerprint density at radius 2 is 1.93 bits per heavy atom. The van der Waals surface area contributed by atoms with Gasteiger partial charge in [0.2, 0.25) is 0 Å². The van der Waals surface area contributed by atoms with Gasteiger partial charge in [0.1, 0.15) is 12.4 Å². The largest absolute Gasteiger partial charge is 0.337 e. The fraction of sp³-hybridized carbons (Fsp3) is 0.417. The van der Waals surface area contributed by atoms with Gasteiger partial charge in [-0.05, 0) is 37.1 Å². The third kappa shape index (κ3) is 4.40. The van der Waals surface area contributed by atoms with Crippen molar-refractivity contribution in [3.63, 3.8) is 0 Å². The summed E-state index contributed by atoms with van der Waals surface area (Å²) in [5.41, 5.74) is 2.15. The number of hydrogen-bond acceptors (Lipinski definition) is 3. The molecule has 1 amide bonds. The number of rotatable bonds is 6. The van der Waals surface area contributed by atoms with Gasteiger partial charge < -0.3 is 9.80 Å². The van der Waals surface area contributed by atoms with Gasteiger partial charge in [-0.25, -0.2) is 9.37 Å². The van der Waals surface area contributed by atoms with Crippen molar-refractivity contribution in [2.75, 3.05) is 19.6 Å². The summed E-state index contributed by atoms with van der Waals surface area (Å²) in [4.78, 5) is 21.4. The summed E-state index contributed by atoms with van der Waals surface area (Å²) in [6, 6.07) is 15.5. The SMILES string of the molecule is O=C(C[NH+](Cc1ccc(F)cc1)C1CC1)N1CCC[C@H](c2nc3ccccc3s2)C1. The van der Waals surface area contributed by atoms with Crippen LogP contribution in [0.4, 0.5) is 4.39 Å². The van der Waals surface area contributed by atoms with Crippen molar-refractivity contribution >= 4 is 27.5 Å². The zero-order chi connectivity index (χ0) is 20.5. The van der Waals surface area contributed by atoms with Gasteiger partial charge in [0.15, 0.2) is 6.54 Å². The van der Waals surface area contributed by atoms with Crippen molar-refractivity contribution in [3.05, 3.63) is 64.9 Å². The molecule has 1 saturated carbocycles. The monoisotopic (exact) mass is 424 g/mol. The molecular weight excluding hydrogens is 397 g/mol.